The lowest BCUT2D eigenvalue weighted by molar-refractivity contribution is -0.193. The summed E-state index contributed by atoms with van der Waals surface area (Å²) < 4.78 is 23.4. The van der Waals surface area contributed by atoms with Crippen LogP contribution in [0.25, 0.3) is 11.0 Å². The van der Waals surface area contributed by atoms with E-state index in [1.165, 1.54) is 6.07 Å². The molecule has 0 bridgehead atoms. The van der Waals surface area contributed by atoms with Gasteiger partial charge in [0.1, 0.15) is 16.9 Å². The molecule has 0 fully saturated rings. The number of carbonyl (C=O) groups is 2. The van der Waals surface area contributed by atoms with Gasteiger partial charge in [0.15, 0.2) is 12.2 Å². The van der Waals surface area contributed by atoms with Crippen LogP contribution in [0.1, 0.15) is 66.1 Å². The second kappa shape index (κ2) is 8.73. The Balaban J connectivity index is 2.16. The van der Waals surface area contributed by atoms with Crippen LogP contribution in [0.4, 0.5) is 0 Å². The monoisotopic (exact) mass is 430 g/mol. The summed E-state index contributed by atoms with van der Waals surface area (Å²) in [6.45, 7) is 11.1. The predicted octanol–water partition coefficient (Wildman–Crippen LogP) is 4.55. The van der Waals surface area contributed by atoms with Gasteiger partial charge in [0.25, 0.3) is 0 Å². The number of esters is 2. The molecule has 0 radical (unpaired) electrons. The highest BCUT2D eigenvalue weighted by Gasteiger charge is 2.50. The van der Waals surface area contributed by atoms with Crippen molar-refractivity contribution in [3.63, 3.8) is 0 Å². The van der Waals surface area contributed by atoms with E-state index >= 15 is 0 Å². The van der Waals surface area contributed by atoms with Crippen LogP contribution < -0.4 is 10.4 Å². The van der Waals surface area contributed by atoms with E-state index < -0.39 is 35.4 Å². The van der Waals surface area contributed by atoms with Gasteiger partial charge in [0.2, 0.25) is 0 Å². The van der Waals surface area contributed by atoms with Crippen LogP contribution in [0, 0.1) is 11.8 Å². The quantitative estimate of drug-likeness (QED) is 0.490. The number of ether oxygens (including phenoxy) is 3. The van der Waals surface area contributed by atoms with E-state index in [1.54, 1.807) is 39.0 Å². The summed E-state index contributed by atoms with van der Waals surface area (Å²) in [7, 11) is 0. The van der Waals surface area contributed by atoms with Crippen LogP contribution in [-0.2, 0) is 19.1 Å². The summed E-state index contributed by atoms with van der Waals surface area (Å²) in [4.78, 5) is 37.3. The zero-order valence-electron chi connectivity index (χ0n) is 18.9. The molecule has 7 nitrogen and oxygen atoms in total. The van der Waals surface area contributed by atoms with E-state index in [2.05, 4.69) is 0 Å². The van der Waals surface area contributed by atoms with E-state index in [0.29, 0.717) is 23.1 Å². The van der Waals surface area contributed by atoms with Gasteiger partial charge in [-0.15, -0.1) is 0 Å². The van der Waals surface area contributed by atoms with Crippen LogP contribution in [0.15, 0.2) is 33.5 Å². The van der Waals surface area contributed by atoms with Gasteiger partial charge in [0, 0.05) is 17.9 Å². The first kappa shape index (κ1) is 22.8. The van der Waals surface area contributed by atoms with Gasteiger partial charge < -0.3 is 18.6 Å². The van der Waals surface area contributed by atoms with Crippen LogP contribution >= 0.6 is 0 Å². The first-order chi connectivity index (χ1) is 14.5. The Bertz CT molecular complexity index is 1030. The van der Waals surface area contributed by atoms with E-state index in [1.807, 2.05) is 20.8 Å². The molecule has 0 N–H and O–H groups in total. The summed E-state index contributed by atoms with van der Waals surface area (Å²) in [5.41, 5.74) is -0.867. The molecule has 2 aromatic rings. The molecular formula is C24H30O7. The Hall–Kier alpha value is -2.83. The zero-order chi connectivity index (χ0) is 22.9. The molecule has 0 aliphatic carbocycles. The summed E-state index contributed by atoms with van der Waals surface area (Å²) in [6.07, 6.45) is -1.09. The molecule has 3 rings (SSSR count). The third-order valence-electron chi connectivity index (χ3n) is 5.50. The molecule has 3 atom stereocenters. The molecule has 0 saturated carbocycles. The molecule has 0 saturated heterocycles. The van der Waals surface area contributed by atoms with Crippen molar-refractivity contribution in [2.75, 3.05) is 0 Å². The van der Waals surface area contributed by atoms with Gasteiger partial charge >= 0.3 is 17.6 Å². The van der Waals surface area contributed by atoms with E-state index in [0.717, 1.165) is 0 Å². The fraction of sp³-hybridized carbons (Fsp3) is 0.542. The molecule has 7 heteroatoms. The van der Waals surface area contributed by atoms with Crippen molar-refractivity contribution < 1.29 is 28.2 Å². The highest BCUT2D eigenvalue weighted by atomic mass is 16.6. The second-order valence-corrected chi connectivity index (χ2v) is 9.03. The number of benzene rings is 1. The van der Waals surface area contributed by atoms with Crippen molar-refractivity contribution in [2.24, 2.45) is 11.8 Å². The highest BCUT2D eigenvalue weighted by Crippen LogP contribution is 2.46. The number of hydrogen-bond donors (Lipinski definition) is 0. The Labute approximate surface area is 181 Å². The van der Waals surface area contributed by atoms with Gasteiger partial charge in [-0.1, -0.05) is 27.7 Å². The topological polar surface area (TPSA) is 92.0 Å². The highest BCUT2D eigenvalue weighted by molar-refractivity contribution is 5.84. The summed E-state index contributed by atoms with van der Waals surface area (Å²) in [5, 5.41) is 0.651. The van der Waals surface area contributed by atoms with Crippen molar-refractivity contribution in [3.05, 3.63) is 40.2 Å². The van der Waals surface area contributed by atoms with Crippen LogP contribution in [0.3, 0.4) is 0 Å². The van der Waals surface area contributed by atoms with Crippen molar-refractivity contribution in [3.8, 4) is 5.75 Å². The third-order valence-corrected chi connectivity index (χ3v) is 5.50. The maximum atomic E-state index is 12.7. The lowest BCUT2D eigenvalue weighted by Crippen LogP contribution is -2.52. The molecule has 2 heterocycles. The summed E-state index contributed by atoms with van der Waals surface area (Å²) >= 11 is 0. The smallest absolute Gasteiger partial charge is 0.336 e. The Morgan fingerprint density at radius 3 is 2.42 bits per heavy atom. The van der Waals surface area contributed by atoms with Gasteiger partial charge in [-0.3, -0.25) is 9.59 Å². The van der Waals surface area contributed by atoms with Crippen LogP contribution in [-0.4, -0.2) is 23.6 Å². The standard InChI is InChI=1S/C24H30O7/c1-7-14(4)23(27)30-22-21(29-18(26)12-13(2)3)19-16(31-24(22,5)6)10-8-15-9-11-17(25)28-20(15)19/h8-11,13-14,21-22H,7,12H2,1-6H3/t14-,21+,22-/m1/s1. The summed E-state index contributed by atoms with van der Waals surface area (Å²) in [6, 6.07) is 6.47. The van der Waals surface area contributed by atoms with Gasteiger partial charge in [-0.25, -0.2) is 4.79 Å². The van der Waals surface area contributed by atoms with E-state index in [9.17, 15) is 14.4 Å². The number of rotatable bonds is 6. The lowest BCUT2D eigenvalue weighted by Gasteiger charge is -2.43. The lowest BCUT2D eigenvalue weighted by atomic mass is 9.87. The van der Waals surface area contributed by atoms with Crippen LogP contribution in [0.2, 0.25) is 0 Å². The fourth-order valence-corrected chi connectivity index (χ4v) is 3.61. The van der Waals surface area contributed by atoms with Gasteiger partial charge in [0.05, 0.1) is 11.5 Å². The average molecular weight is 430 g/mol. The Morgan fingerprint density at radius 2 is 1.77 bits per heavy atom. The minimum Gasteiger partial charge on any atom is -0.483 e. The molecule has 0 amide bonds. The normalized spacial score (nSPS) is 20.6. The molecule has 0 spiro atoms. The number of hydrogen-bond acceptors (Lipinski definition) is 7. The fourth-order valence-electron chi connectivity index (χ4n) is 3.61. The maximum Gasteiger partial charge on any atom is 0.336 e. The van der Waals surface area contributed by atoms with E-state index in [-0.39, 0.29) is 23.8 Å². The largest absolute Gasteiger partial charge is 0.483 e. The van der Waals surface area contributed by atoms with Gasteiger partial charge in [-0.2, -0.15) is 0 Å². The molecule has 1 aromatic heterocycles. The maximum absolute atomic E-state index is 12.7. The van der Waals surface area contributed by atoms with Crippen molar-refractivity contribution in [2.45, 2.75) is 72.2 Å². The second-order valence-electron chi connectivity index (χ2n) is 9.03. The van der Waals surface area contributed by atoms with Crippen molar-refractivity contribution in [1.29, 1.82) is 0 Å². The zero-order valence-corrected chi connectivity index (χ0v) is 18.9. The Kier molecular flexibility index (Phi) is 6.43. The molecule has 1 aliphatic heterocycles. The van der Waals surface area contributed by atoms with Gasteiger partial charge in [-0.05, 0) is 44.4 Å². The number of fused-ring (bicyclic) bond motifs is 3. The average Bonchev–Trinajstić information content (AvgIpc) is 2.68. The summed E-state index contributed by atoms with van der Waals surface area (Å²) in [5.74, 6) is -0.645. The van der Waals surface area contributed by atoms with E-state index in [4.69, 9.17) is 18.6 Å². The van der Waals surface area contributed by atoms with Crippen molar-refractivity contribution >= 4 is 22.9 Å². The minimum atomic E-state index is -0.984. The first-order valence-electron chi connectivity index (χ1n) is 10.7. The molecule has 1 aliphatic rings. The SMILES string of the molecule is CC[C@@H](C)C(=O)O[C@@H]1[C@@H](OC(=O)CC(C)C)c2c(ccc3ccc(=O)oc23)OC1(C)C. The molecule has 1 aromatic carbocycles. The predicted molar refractivity (Wildman–Crippen MR) is 115 cm³/mol. The molecule has 31 heavy (non-hydrogen) atoms. The minimum absolute atomic E-state index is 0.0892. The van der Waals surface area contributed by atoms with Crippen molar-refractivity contribution in [1.82, 2.24) is 0 Å². The molecule has 168 valence electrons. The Morgan fingerprint density at radius 1 is 1.10 bits per heavy atom. The molecule has 0 unspecified atom stereocenters. The van der Waals surface area contributed by atoms with Crippen LogP contribution in [0.5, 0.6) is 5.75 Å². The number of carbonyl (C=O) groups excluding carboxylic acids is 2. The first-order valence-corrected chi connectivity index (χ1v) is 10.7. The molecular weight excluding hydrogens is 400 g/mol. The third kappa shape index (κ3) is 4.75.